The number of hydrogen-bond donors (Lipinski definition) is 3. The van der Waals surface area contributed by atoms with Crippen LogP contribution in [0.4, 0.5) is 10.1 Å². The number of H-pyrrole nitrogens is 1. The normalized spacial score (nSPS) is 10.2. The number of aromatic carboxylic acids is 1. The molecule has 98 valence electrons. The first-order valence-electron chi connectivity index (χ1n) is 5.34. The van der Waals surface area contributed by atoms with E-state index in [4.69, 9.17) is 5.11 Å². The van der Waals surface area contributed by atoms with Gasteiger partial charge < -0.3 is 15.4 Å². The molecule has 7 heteroatoms. The zero-order valence-electron chi connectivity index (χ0n) is 9.90. The molecule has 0 saturated carbocycles. The van der Waals surface area contributed by atoms with Gasteiger partial charge in [0, 0.05) is 11.3 Å². The maximum absolute atomic E-state index is 13.3. The van der Waals surface area contributed by atoms with Crippen LogP contribution < -0.4 is 5.32 Å². The van der Waals surface area contributed by atoms with Crippen LogP contribution in [0.3, 0.4) is 0 Å². The Labute approximate surface area is 107 Å². The first-order valence-corrected chi connectivity index (χ1v) is 5.34. The van der Waals surface area contributed by atoms with Gasteiger partial charge in [0.05, 0.1) is 6.33 Å². The first kappa shape index (κ1) is 12.7. The molecule has 0 spiro atoms. The number of halogens is 1. The van der Waals surface area contributed by atoms with Crippen molar-refractivity contribution in [3.05, 3.63) is 47.3 Å². The van der Waals surface area contributed by atoms with Crippen LogP contribution >= 0.6 is 0 Å². The molecule has 2 aromatic rings. The zero-order chi connectivity index (χ0) is 14.0. The lowest BCUT2D eigenvalue weighted by atomic mass is 10.2. The summed E-state index contributed by atoms with van der Waals surface area (Å²) in [6, 6.07) is 4.23. The number of imidazole rings is 1. The van der Waals surface area contributed by atoms with Gasteiger partial charge in [-0.2, -0.15) is 0 Å². The maximum atomic E-state index is 13.3. The highest BCUT2D eigenvalue weighted by Gasteiger charge is 2.20. The molecular formula is C12H10FN3O3. The number of aromatic nitrogens is 2. The second-order valence-electron chi connectivity index (χ2n) is 3.80. The van der Waals surface area contributed by atoms with E-state index in [0.717, 1.165) is 6.33 Å². The minimum Gasteiger partial charge on any atom is -0.477 e. The number of benzene rings is 1. The van der Waals surface area contributed by atoms with Crippen molar-refractivity contribution in [2.75, 3.05) is 5.32 Å². The number of aromatic amines is 1. The van der Waals surface area contributed by atoms with Crippen LogP contribution in [0.5, 0.6) is 0 Å². The van der Waals surface area contributed by atoms with E-state index in [1.165, 1.54) is 25.1 Å². The fourth-order valence-corrected chi connectivity index (χ4v) is 1.55. The summed E-state index contributed by atoms with van der Waals surface area (Å²) in [6.45, 7) is 1.51. The van der Waals surface area contributed by atoms with Crippen molar-refractivity contribution in [2.45, 2.75) is 6.92 Å². The van der Waals surface area contributed by atoms with E-state index in [1.807, 2.05) is 0 Å². The van der Waals surface area contributed by atoms with Crippen molar-refractivity contribution in [3.63, 3.8) is 0 Å². The first-order chi connectivity index (χ1) is 9.00. The van der Waals surface area contributed by atoms with Crippen molar-refractivity contribution < 1.29 is 19.1 Å². The number of carboxylic acids is 1. The number of amides is 1. The van der Waals surface area contributed by atoms with Crippen LogP contribution in [-0.4, -0.2) is 27.0 Å². The number of rotatable bonds is 3. The third-order valence-electron chi connectivity index (χ3n) is 2.58. The van der Waals surface area contributed by atoms with Gasteiger partial charge in [-0.15, -0.1) is 0 Å². The summed E-state index contributed by atoms with van der Waals surface area (Å²) in [5.41, 5.74) is -0.0321. The largest absolute Gasteiger partial charge is 0.477 e. The molecule has 0 fully saturated rings. The molecule has 1 amide bonds. The molecule has 0 radical (unpaired) electrons. The standard InChI is InChI=1S/C12H10FN3O3/c1-6-7(13)3-2-4-8(6)16-11(17)9-10(12(18)19)15-5-14-9/h2-5H,1H3,(H,14,15)(H,16,17)(H,18,19). The van der Waals surface area contributed by atoms with Crippen LogP contribution in [0.1, 0.15) is 26.5 Å². The third-order valence-corrected chi connectivity index (χ3v) is 2.58. The third kappa shape index (κ3) is 2.44. The smallest absolute Gasteiger partial charge is 0.354 e. The molecule has 0 unspecified atom stereocenters. The molecule has 1 aromatic heterocycles. The molecule has 0 aliphatic carbocycles. The van der Waals surface area contributed by atoms with Crippen LogP contribution in [-0.2, 0) is 0 Å². The van der Waals surface area contributed by atoms with Gasteiger partial charge in [-0.3, -0.25) is 4.79 Å². The molecule has 0 aliphatic heterocycles. The molecule has 0 saturated heterocycles. The minimum absolute atomic E-state index is 0.254. The number of carbonyl (C=O) groups excluding carboxylic acids is 1. The lowest BCUT2D eigenvalue weighted by Crippen LogP contribution is -2.17. The van der Waals surface area contributed by atoms with E-state index in [2.05, 4.69) is 15.3 Å². The summed E-state index contributed by atoms with van der Waals surface area (Å²) in [6.07, 6.45) is 1.11. The minimum atomic E-state index is -1.29. The van der Waals surface area contributed by atoms with Crippen LogP contribution in [0.15, 0.2) is 24.5 Å². The Kier molecular flexibility index (Phi) is 3.28. The van der Waals surface area contributed by atoms with Crippen molar-refractivity contribution in [2.24, 2.45) is 0 Å². The monoisotopic (exact) mass is 263 g/mol. The average Bonchev–Trinajstić information content (AvgIpc) is 2.84. The van der Waals surface area contributed by atoms with Gasteiger partial charge in [0.15, 0.2) is 11.4 Å². The van der Waals surface area contributed by atoms with Crippen molar-refractivity contribution >= 4 is 17.6 Å². The molecular weight excluding hydrogens is 253 g/mol. The second kappa shape index (κ2) is 4.89. The highest BCUT2D eigenvalue weighted by atomic mass is 19.1. The Hall–Kier alpha value is -2.70. The van der Waals surface area contributed by atoms with Gasteiger partial charge in [-0.25, -0.2) is 14.2 Å². The lowest BCUT2D eigenvalue weighted by molar-refractivity contribution is 0.0686. The molecule has 2 rings (SSSR count). The maximum Gasteiger partial charge on any atom is 0.354 e. The summed E-state index contributed by atoms with van der Waals surface area (Å²) in [5, 5.41) is 11.3. The molecule has 1 heterocycles. The van der Waals surface area contributed by atoms with Gasteiger partial charge >= 0.3 is 5.97 Å². The molecule has 3 N–H and O–H groups in total. The van der Waals surface area contributed by atoms with E-state index in [-0.39, 0.29) is 22.6 Å². The van der Waals surface area contributed by atoms with E-state index < -0.39 is 17.7 Å². The van der Waals surface area contributed by atoms with E-state index in [1.54, 1.807) is 0 Å². The Morgan fingerprint density at radius 3 is 2.84 bits per heavy atom. The highest BCUT2D eigenvalue weighted by Crippen LogP contribution is 2.18. The van der Waals surface area contributed by atoms with Crippen molar-refractivity contribution in [3.8, 4) is 0 Å². The molecule has 1 aromatic carbocycles. The number of carbonyl (C=O) groups is 2. The molecule has 0 bridgehead atoms. The zero-order valence-corrected chi connectivity index (χ0v) is 9.90. The Morgan fingerprint density at radius 1 is 1.42 bits per heavy atom. The molecule has 6 nitrogen and oxygen atoms in total. The van der Waals surface area contributed by atoms with E-state index >= 15 is 0 Å². The second-order valence-corrected chi connectivity index (χ2v) is 3.80. The predicted octanol–water partition coefficient (Wildman–Crippen LogP) is 1.81. The lowest BCUT2D eigenvalue weighted by Gasteiger charge is -2.07. The van der Waals surface area contributed by atoms with Gasteiger partial charge in [0.2, 0.25) is 0 Å². The SMILES string of the molecule is Cc1c(F)cccc1NC(=O)c1nc[nH]c1C(=O)O. The van der Waals surface area contributed by atoms with Crippen LogP contribution in [0.2, 0.25) is 0 Å². The number of carboxylic acid groups (broad SMARTS) is 1. The molecule has 0 atom stereocenters. The van der Waals surface area contributed by atoms with Crippen molar-refractivity contribution in [1.29, 1.82) is 0 Å². The highest BCUT2D eigenvalue weighted by molar-refractivity contribution is 6.08. The molecule has 19 heavy (non-hydrogen) atoms. The quantitative estimate of drug-likeness (QED) is 0.787. The summed E-state index contributed by atoms with van der Waals surface area (Å²) < 4.78 is 13.3. The fourth-order valence-electron chi connectivity index (χ4n) is 1.55. The van der Waals surface area contributed by atoms with Crippen LogP contribution in [0, 0.1) is 12.7 Å². The van der Waals surface area contributed by atoms with Gasteiger partial charge in [-0.05, 0) is 19.1 Å². The number of anilines is 1. The summed E-state index contributed by atoms with van der Waals surface area (Å²) >= 11 is 0. The Balaban J connectivity index is 2.29. The Bertz CT molecular complexity index is 651. The van der Waals surface area contributed by atoms with E-state index in [9.17, 15) is 14.0 Å². The Morgan fingerprint density at radius 2 is 2.16 bits per heavy atom. The van der Waals surface area contributed by atoms with Gasteiger partial charge in [0.1, 0.15) is 5.82 Å². The van der Waals surface area contributed by atoms with Crippen molar-refractivity contribution in [1.82, 2.24) is 9.97 Å². The van der Waals surface area contributed by atoms with Gasteiger partial charge in [0.25, 0.3) is 5.91 Å². The number of nitrogens with zero attached hydrogens (tertiary/aromatic N) is 1. The van der Waals surface area contributed by atoms with E-state index in [0.29, 0.717) is 0 Å². The summed E-state index contributed by atoms with van der Waals surface area (Å²) in [7, 11) is 0. The number of hydrogen-bond acceptors (Lipinski definition) is 3. The predicted molar refractivity (Wildman–Crippen MR) is 64.6 cm³/mol. The molecule has 0 aliphatic rings. The fraction of sp³-hybridized carbons (Fsp3) is 0.0833. The topological polar surface area (TPSA) is 95.1 Å². The average molecular weight is 263 g/mol. The summed E-state index contributed by atoms with van der Waals surface area (Å²) in [5.74, 6) is -2.47. The van der Waals surface area contributed by atoms with Crippen LogP contribution in [0.25, 0.3) is 0 Å². The van der Waals surface area contributed by atoms with Gasteiger partial charge in [-0.1, -0.05) is 6.07 Å². The summed E-state index contributed by atoms with van der Waals surface area (Å²) in [4.78, 5) is 28.7. The number of nitrogens with one attached hydrogen (secondary N) is 2.